The minimum atomic E-state index is -0.320. The van der Waals surface area contributed by atoms with Crippen molar-refractivity contribution in [3.8, 4) is 0 Å². The number of ether oxygens (including phenoxy) is 1. The molecule has 0 aliphatic heterocycles. The Kier molecular flexibility index (Phi) is 7.40. The van der Waals surface area contributed by atoms with Crippen LogP contribution in [0.25, 0.3) is 0 Å². The lowest BCUT2D eigenvalue weighted by molar-refractivity contribution is 0.101. The molecule has 0 amide bonds. The summed E-state index contributed by atoms with van der Waals surface area (Å²) in [6, 6.07) is 27.8. The fourth-order valence-corrected chi connectivity index (χ4v) is 4.01. The number of nitrogens with one attached hydrogen (secondary N) is 1. The largest absolute Gasteiger partial charge is 0.377 e. The van der Waals surface area contributed by atoms with E-state index in [1.165, 1.54) is 27.8 Å². The molecule has 0 spiro atoms. The van der Waals surface area contributed by atoms with Crippen LogP contribution in [0.2, 0.25) is 0 Å². The van der Waals surface area contributed by atoms with Crippen molar-refractivity contribution in [2.45, 2.75) is 32.4 Å². The summed E-state index contributed by atoms with van der Waals surface area (Å²) in [4.78, 5) is 0. The van der Waals surface area contributed by atoms with Gasteiger partial charge in [-0.3, -0.25) is 0 Å². The number of rotatable bonds is 10. The van der Waals surface area contributed by atoms with Crippen LogP contribution in [-0.4, -0.2) is 13.2 Å². The summed E-state index contributed by atoms with van der Waals surface area (Å²) in [6.07, 6.45) is 2.75. The lowest BCUT2D eigenvalue weighted by atomic mass is 9.80. The molecule has 150 valence electrons. The predicted molar refractivity (Wildman–Crippen MR) is 122 cm³/mol. The maximum atomic E-state index is 6.14. The molecule has 2 nitrogen and oxygen atoms in total. The zero-order valence-electron chi connectivity index (χ0n) is 17.5. The van der Waals surface area contributed by atoms with Crippen LogP contribution in [0, 0.1) is 13.8 Å². The molecule has 0 radical (unpaired) electrons. The molecule has 0 atom stereocenters. The van der Waals surface area contributed by atoms with Gasteiger partial charge in [0.15, 0.2) is 0 Å². The van der Waals surface area contributed by atoms with Gasteiger partial charge < -0.3 is 10.1 Å². The van der Waals surface area contributed by atoms with E-state index in [1.54, 1.807) is 0 Å². The molecule has 0 saturated carbocycles. The second-order valence-corrected chi connectivity index (χ2v) is 7.61. The van der Waals surface area contributed by atoms with Gasteiger partial charge in [-0.1, -0.05) is 96.1 Å². The van der Waals surface area contributed by atoms with Crippen molar-refractivity contribution in [1.82, 2.24) is 5.32 Å². The fourth-order valence-electron chi connectivity index (χ4n) is 4.01. The van der Waals surface area contributed by atoms with Gasteiger partial charge in [-0.2, -0.15) is 0 Å². The molecule has 0 saturated heterocycles. The van der Waals surface area contributed by atoms with E-state index >= 15 is 0 Å². The normalized spacial score (nSPS) is 11.4. The van der Waals surface area contributed by atoms with E-state index in [-0.39, 0.29) is 5.54 Å². The molecule has 29 heavy (non-hydrogen) atoms. The first-order valence-electron chi connectivity index (χ1n) is 10.3. The zero-order valence-corrected chi connectivity index (χ0v) is 17.5. The molecule has 3 rings (SSSR count). The van der Waals surface area contributed by atoms with Gasteiger partial charge in [0.25, 0.3) is 0 Å². The van der Waals surface area contributed by atoms with Crippen molar-refractivity contribution in [3.05, 3.63) is 119 Å². The summed E-state index contributed by atoms with van der Waals surface area (Å²) in [5.41, 5.74) is 5.94. The topological polar surface area (TPSA) is 21.3 Å². The summed E-state index contributed by atoms with van der Waals surface area (Å²) in [6.45, 7) is 10.2. The lowest BCUT2D eigenvalue weighted by Gasteiger charge is -2.36. The molecule has 3 aromatic rings. The van der Waals surface area contributed by atoms with Gasteiger partial charge in [0.1, 0.15) is 0 Å². The highest BCUT2D eigenvalue weighted by molar-refractivity contribution is 5.38. The molecule has 1 N–H and O–H groups in total. The van der Waals surface area contributed by atoms with E-state index < -0.39 is 0 Å². The Morgan fingerprint density at radius 3 is 1.93 bits per heavy atom. The Morgan fingerprint density at radius 2 is 1.41 bits per heavy atom. The molecular formula is C27H31NO. The standard InChI is InChI=1S/C27H31NO/c1-4-16-28-27(25-11-7-5-8-12-25,26-13-9-6-10-14-26)15-17-29-21-24-19-22(2)18-23(3)20-24/h4-14,18-20,28H,1,15-17,21H2,2-3H3. The van der Waals surface area contributed by atoms with Crippen LogP contribution in [0.3, 0.4) is 0 Å². The third kappa shape index (κ3) is 5.44. The molecule has 0 heterocycles. The van der Waals surface area contributed by atoms with Crippen LogP contribution in [0.15, 0.2) is 91.5 Å². The van der Waals surface area contributed by atoms with Crippen molar-refractivity contribution in [2.24, 2.45) is 0 Å². The molecule has 0 aliphatic rings. The van der Waals surface area contributed by atoms with Crippen LogP contribution in [0.1, 0.15) is 34.2 Å². The van der Waals surface area contributed by atoms with Crippen molar-refractivity contribution in [1.29, 1.82) is 0 Å². The van der Waals surface area contributed by atoms with E-state index in [0.29, 0.717) is 13.2 Å². The van der Waals surface area contributed by atoms with Gasteiger partial charge in [0.05, 0.1) is 12.1 Å². The summed E-state index contributed by atoms with van der Waals surface area (Å²) >= 11 is 0. The molecule has 0 aliphatic carbocycles. The van der Waals surface area contributed by atoms with Crippen LogP contribution >= 0.6 is 0 Å². The molecular weight excluding hydrogens is 354 g/mol. The predicted octanol–water partition coefficient (Wildman–Crippen LogP) is 5.93. The summed E-state index contributed by atoms with van der Waals surface area (Å²) in [5, 5.41) is 3.73. The van der Waals surface area contributed by atoms with Crippen LogP contribution in [-0.2, 0) is 16.9 Å². The third-order valence-electron chi connectivity index (χ3n) is 5.25. The first-order valence-corrected chi connectivity index (χ1v) is 10.3. The number of hydrogen-bond donors (Lipinski definition) is 1. The Balaban J connectivity index is 1.81. The Bertz CT molecular complexity index is 843. The molecule has 3 aromatic carbocycles. The van der Waals surface area contributed by atoms with E-state index in [4.69, 9.17) is 4.74 Å². The number of hydrogen-bond acceptors (Lipinski definition) is 2. The zero-order chi connectivity index (χ0) is 20.5. The molecule has 0 bridgehead atoms. The molecule has 0 fully saturated rings. The highest BCUT2D eigenvalue weighted by atomic mass is 16.5. The van der Waals surface area contributed by atoms with Gasteiger partial charge in [-0.05, 0) is 37.0 Å². The van der Waals surface area contributed by atoms with Crippen LogP contribution in [0.4, 0.5) is 0 Å². The van der Waals surface area contributed by atoms with Crippen molar-refractivity contribution < 1.29 is 4.74 Å². The minimum Gasteiger partial charge on any atom is -0.377 e. The van der Waals surface area contributed by atoms with Gasteiger partial charge >= 0.3 is 0 Å². The highest BCUT2D eigenvalue weighted by Gasteiger charge is 2.33. The first kappa shape index (κ1) is 21.0. The summed E-state index contributed by atoms with van der Waals surface area (Å²) in [7, 11) is 0. The van der Waals surface area contributed by atoms with Crippen molar-refractivity contribution >= 4 is 0 Å². The first-order chi connectivity index (χ1) is 14.1. The molecule has 2 heteroatoms. The van der Waals surface area contributed by atoms with Crippen LogP contribution in [0.5, 0.6) is 0 Å². The maximum absolute atomic E-state index is 6.14. The number of benzene rings is 3. The molecule has 0 unspecified atom stereocenters. The second kappa shape index (κ2) is 10.2. The van der Waals surface area contributed by atoms with Crippen LogP contribution < -0.4 is 5.32 Å². The van der Waals surface area contributed by atoms with Gasteiger partial charge in [0, 0.05) is 13.2 Å². The Hall–Kier alpha value is -2.68. The van der Waals surface area contributed by atoms with E-state index in [1.807, 2.05) is 6.08 Å². The Morgan fingerprint density at radius 1 is 0.862 bits per heavy atom. The monoisotopic (exact) mass is 385 g/mol. The number of aryl methyl sites for hydroxylation is 2. The van der Waals surface area contributed by atoms with E-state index in [9.17, 15) is 0 Å². The highest BCUT2D eigenvalue weighted by Crippen LogP contribution is 2.33. The quantitative estimate of drug-likeness (QED) is 0.345. The van der Waals surface area contributed by atoms with Crippen molar-refractivity contribution in [2.75, 3.05) is 13.2 Å². The van der Waals surface area contributed by atoms with Gasteiger partial charge in [-0.25, -0.2) is 0 Å². The maximum Gasteiger partial charge on any atom is 0.0717 e. The molecule has 0 aromatic heterocycles. The van der Waals surface area contributed by atoms with E-state index in [2.05, 4.69) is 105 Å². The van der Waals surface area contributed by atoms with Gasteiger partial charge in [0.2, 0.25) is 0 Å². The minimum absolute atomic E-state index is 0.320. The third-order valence-corrected chi connectivity index (χ3v) is 5.25. The SMILES string of the molecule is C=CCNC(CCOCc1cc(C)cc(C)c1)(c1ccccc1)c1ccccc1. The second-order valence-electron chi connectivity index (χ2n) is 7.61. The average Bonchev–Trinajstić information content (AvgIpc) is 2.74. The lowest BCUT2D eigenvalue weighted by Crippen LogP contribution is -2.44. The fraction of sp³-hybridized carbons (Fsp3) is 0.259. The summed E-state index contributed by atoms with van der Waals surface area (Å²) < 4.78 is 6.14. The van der Waals surface area contributed by atoms with Gasteiger partial charge in [-0.15, -0.1) is 6.58 Å². The smallest absolute Gasteiger partial charge is 0.0717 e. The van der Waals surface area contributed by atoms with Crippen molar-refractivity contribution in [3.63, 3.8) is 0 Å². The Labute approximate surface area is 175 Å². The summed E-state index contributed by atoms with van der Waals surface area (Å²) in [5.74, 6) is 0. The average molecular weight is 386 g/mol. The van der Waals surface area contributed by atoms with E-state index in [0.717, 1.165) is 13.0 Å².